The van der Waals surface area contributed by atoms with Crippen molar-refractivity contribution in [2.45, 2.75) is 68.2 Å². The molecule has 1 aromatic carbocycles. The second-order valence-corrected chi connectivity index (χ2v) is 10.5. The second-order valence-electron chi connectivity index (χ2n) is 8.24. The van der Waals surface area contributed by atoms with Crippen LogP contribution < -0.4 is 10.6 Å². The maximum Gasteiger partial charge on any atom is 0.230 e. The summed E-state index contributed by atoms with van der Waals surface area (Å²) in [6.45, 7) is 0. The van der Waals surface area contributed by atoms with E-state index in [1.807, 2.05) is 30.3 Å². The smallest absolute Gasteiger partial charge is 0.230 e. The SMILES string of the molecule is O=C(CCC1CCCCC1)Nc1sc(SCC(=O)NC2CC2)nc1-c1ccccc1. The molecular weight excluding hydrogens is 414 g/mol. The fourth-order valence-corrected chi connectivity index (χ4v) is 5.76. The molecule has 0 radical (unpaired) electrons. The Bertz CT molecular complexity index is 859. The Morgan fingerprint density at radius 1 is 1.03 bits per heavy atom. The molecule has 4 rings (SSSR count). The average Bonchev–Trinajstić information content (AvgIpc) is 3.50. The van der Waals surface area contributed by atoms with Gasteiger partial charge in [0.15, 0.2) is 4.34 Å². The van der Waals surface area contributed by atoms with Crippen LogP contribution in [0, 0.1) is 5.92 Å². The number of aromatic nitrogens is 1. The number of carbonyl (C=O) groups excluding carboxylic acids is 2. The first-order chi connectivity index (χ1) is 14.7. The van der Waals surface area contributed by atoms with Gasteiger partial charge in [-0.3, -0.25) is 9.59 Å². The number of hydrogen-bond donors (Lipinski definition) is 2. The Morgan fingerprint density at radius 3 is 2.53 bits per heavy atom. The molecule has 2 N–H and O–H groups in total. The third-order valence-corrected chi connectivity index (χ3v) is 7.80. The van der Waals surface area contributed by atoms with Gasteiger partial charge < -0.3 is 10.6 Å². The van der Waals surface area contributed by atoms with Crippen LogP contribution in [0.4, 0.5) is 5.00 Å². The number of rotatable bonds is 9. The standard InChI is InChI=1S/C23H29N3O2S2/c27-19(14-11-16-7-3-1-4-8-16)25-22-21(17-9-5-2-6-10-17)26-23(30-22)29-15-20(28)24-18-12-13-18/h2,5-6,9-10,16,18H,1,3-4,7-8,11-15H2,(H,24,28)(H,25,27). The van der Waals surface area contributed by atoms with Crippen LogP contribution >= 0.6 is 23.1 Å². The monoisotopic (exact) mass is 443 g/mol. The number of nitrogens with zero attached hydrogens (tertiary/aromatic N) is 1. The minimum absolute atomic E-state index is 0.0528. The second kappa shape index (κ2) is 10.4. The average molecular weight is 444 g/mol. The number of nitrogens with one attached hydrogen (secondary N) is 2. The molecule has 0 atom stereocenters. The summed E-state index contributed by atoms with van der Waals surface area (Å²) in [5.41, 5.74) is 1.77. The molecule has 0 saturated heterocycles. The summed E-state index contributed by atoms with van der Waals surface area (Å²) in [4.78, 5) is 29.4. The van der Waals surface area contributed by atoms with Gasteiger partial charge >= 0.3 is 0 Å². The van der Waals surface area contributed by atoms with Crippen molar-refractivity contribution in [3.8, 4) is 11.3 Å². The molecule has 0 spiro atoms. The predicted octanol–water partition coefficient (Wildman–Crippen LogP) is 5.48. The molecule has 0 unspecified atom stereocenters. The van der Waals surface area contributed by atoms with Gasteiger partial charge in [-0.1, -0.05) is 85.5 Å². The molecular formula is C23H29N3O2S2. The molecule has 160 valence electrons. The Kier molecular flexibility index (Phi) is 7.44. The lowest BCUT2D eigenvalue weighted by molar-refractivity contribution is -0.118. The van der Waals surface area contributed by atoms with E-state index in [1.54, 1.807) is 0 Å². The van der Waals surface area contributed by atoms with E-state index >= 15 is 0 Å². The maximum absolute atomic E-state index is 12.6. The summed E-state index contributed by atoms with van der Waals surface area (Å²) in [5.74, 6) is 1.16. The summed E-state index contributed by atoms with van der Waals surface area (Å²) in [7, 11) is 0. The predicted molar refractivity (Wildman–Crippen MR) is 124 cm³/mol. The first kappa shape index (κ1) is 21.4. The van der Waals surface area contributed by atoms with Gasteiger partial charge in [0.25, 0.3) is 0 Å². The van der Waals surface area contributed by atoms with Gasteiger partial charge in [-0.2, -0.15) is 0 Å². The van der Waals surface area contributed by atoms with Crippen LogP contribution in [0.3, 0.4) is 0 Å². The number of anilines is 1. The number of thioether (sulfide) groups is 1. The zero-order chi connectivity index (χ0) is 20.8. The molecule has 7 heteroatoms. The van der Waals surface area contributed by atoms with E-state index in [-0.39, 0.29) is 11.8 Å². The molecule has 2 fully saturated rings. The molecule has 2 saturated carbocycles. The van der Waals surface area contributed by atoms with E-state index in [4.69, 9.17) is 4.98 Å². The third kappa shape index (κ3) is 6.32. The van der Waals surface area contributed by atoms with E-state index < -0.39 is 0 Å². The van der Waals surface area contributed by atoms with Gasteiger partial charge in [0.05, 0.1) is 5.75 Å². The Morgan fingerprint density at radius 2 is 1.80 bits per heavy atom. The van der Waals surface area contributed by atoms with Crippen LogP contribution in [-0.4, -0.2) is 28.6 Å². The third-order valence-electron chi connectivity index (χ3n) is 5.68. The van der Waals surface area contributed by atoms with Crippen LogP contribution in [0.15, 0.2) is 34.7 Å². The fourth-order valence-electron chi connectivity index (χ4n) is 3.86. The molecule has 1 heterocycles. The lowest BCUT2D eigenvalue weighted by Crippen LogP contribution is -2.26. The molecule has 2 amide bonds. The molecule has 5 nitrogen and oxygen atoms in total. The zero-order valence-corrected chi connectivity index (χ0v) is 18.8. The lowest BCUT2D eigenvalue weighted by Gasteiger charge is -2.20. The van der Waals surface area contributed by atoms with E-state index in [9.17, 15) is 9.59 Å². The fraction of sp³-hybridized carbons (Fsp3) is 0.522. The highest BCUT2D eigenvalue weighted by molar-refractivity contribution is 8.01. The molecule has 2 aromatic rings. The minimum Gasteiger partial charge on any atom is -0.353 e. The van der Waals surface area contributed by atoms with Crippen molar-refractivity contribution in [3.63, 3.8) is 0 Å². The van der Waals surface area contributed by atoms with E-state index in [0.29, 0.717) is 24.1 Å². The molecule has 2 aliphatic rings. The van der Waals surface area contributed by atoms with Gasteiger partial charge in [-0.05, 0) is 25.2 Å². The lowest BCUT2D eigenvalue weighted by atomic mass is 9.86. The quantitative estimate of drug-likeness (QED) is 0.504. The van der Waals surface area contributed by atoms with Gasteiger partial charge in [-0.15, -0.1) is 0 Å². The number of benzene rings is 1. The van der Waals surface area contributed by atoms with Gasteiger partial charge in [0.2, 0.25) is 11.8 Å². The largest absolute Gasteiger partial charge is 0.353 e. The van der Waals surface area contributed by atoms with E-state index in [1.165, 1.54) is 55.2 Å². The Hall–Kier alpha value is -1.86. The molecule has 0 bridgehead atoms. The van der Waals surface area contributed by atoms with Crippen molar-refractivity contribution in [2.75, 3.05) is 11.1 Å². The van der Waals surface area contributed by atoms with Crippen LogP contribution in [-0.2, 0) is 9.59 Å². The van der Waals surface area contributed by atoms with Gasteiger partial charge in [-0.25, -0.2) is 4.98 Å². The van der Waals surface area contributed by atoms with Crippen molar-refractivity contribution in [3.05, 3.63) is 30.3 Å². The summed E-state index contributed by atoms with van der Waals surface area (Å²) in [5, 5.41) is 6.88. The summed E-state index contributed by atoms with van der Waals surface area (Å²) < 4.78 is 0.808. The van der Waals surface area contributed by atoms with Crippen molar-refractivity contribution in [1.82, 2.24) is 10.3 Å². The normalized spacial score (nSPS) is 16.9. The van der Waals surface area contributed by atoms with Crippen LogP contribution in [0.5, 0.6) is 0 Å². The van der Waals surface area contributed by atoms with Crippen LogP contribution in [0.2, 0.25) is 0 Å². The highest BCUT2D eigenvalue weighted by Gasteiger charge is 2.24. The molecule has 2 aliphatic carbocycles. The first-order valence-corrected chi connectivity index (χ1v) is 12.8. The highest BCUT2D eigenvalue weighted by Crippen LogP contribution is 2.38. The number of thiazole rings is 1. The Balaban J connectivity index is 1.39. The van der Waals surface area contributed by atoms with E-state index in [2.05, 4.69) is 10.6 Å². The van der Waals surface area contributed by atoms with Crippen molar-refractivity contribution < 1.29 is 9.59 Å². The van der Waals surface area contributed by atoms with Crippen molar-refractivity contribution >= 4 is 39.9 Å². The number of hydrogen-bond acceptors (Lipinski definition) is 5. The first-order valence-electron chi connectivity index (χ1n) is 11.0. The molecule has 30 heavy (non-hydrogen) atoms. The van der Waals surface area contributed by atoms with Crippen molar-refractivity contribution in [2.24, 2.45) is 5.92 Å². The zero-order valence-electron chi connectivity index (χ0n) is 17.2. The van der Waals surface area contributed by atoms with E-state index in [0.717, 1.165) is 39.9 Å². The minimum atomic E-state index is 0.0528. The molecule has 1 aromatic heterocycles. The maximum atomic E-state index is 12.6. The topological polar surface area (TPSA) is 71.1 Å². The summed E-state index contributed by atoms with van der Waals surface area (Å²) in [6, 6.07) is 10.3. The number of carbonyl (C=O) groups is 2. The molecule has 0 aliphatic heterocycles. The highest BCUT2D eigenvalue weighted by atomic mass is 32.2. The Labute approximate surface area is 186 Å². The van der Waals surface area contributed by atoms with Crippen LogP contribution in [0.25, 0.3) is 11.3 Å². The summed E-state index contributed by atoms with van der Waals surface area (Å²) >= 11 is 2.90. The van der Waals surface area contributed by atoms with Gasteiger partial charge in [0.1, 0.15) is 10.7 Å². The summed E-state index contributed by atoms with van der Waals surface area (Å²) in [6.07, 6.45) is 10.1. The number of amides is 2. The van der Waals surface area contributed by atoms with Crippen LogP contribution in [0.1, 0.15) is 57.8 Å². The van der Waals surface area contributed by atoms with Gasteiger partial charge in [0, 0.05) is 18.0 Å². The van der Waals surface area contributed by atoms with Crippen molar-refractivity contribution in [1.29, 1.82) is 0 Å².